The minimum absolute atomic E-state index is 0.214. The van der Waals surface area contributed by atoms with Crippen molar-refractivity contribution in [1.82, 2.24) is 9.55 Å². The summed E-state index contributed by atoms with van der Waals surface area (Å²) in [5.74, 6) is -0.214. The SMILES string of the molecule is COC(=O)CCc1ccc(C(O)Cn2ccnc2)cc1. The number of aromatic nitrogens is 2. The molecule has 0 saturated carbocycles. The highest BCUT2D eigenvalue weighted by molar-refractivity contribution is 5.69. The molecular formula is C15H18N2O3. The second-order valence-corrected chi connectivity index (χ2v) is 4.59. The number of esters is 1. The summed E-state index contributed by atoms with van der Waals surface area (Å²) in [7, 11) is 1.39. The quantitative estimate of drug-likeness (QED) is 0.815. The van der Waals surface area contributed by atoms with Gasteiger partial charge in [-0.1, -0.05) is 24.3 Å². The number of methoxy groups -OCH3 is 1. The Balaban J connectivity index is 1.92. The molecule has 0 bridgehead atoms. The Kier molecular flexibility index (Phi) is 4.90. The van der Waals surface area contributed by atoms with Gasteiger partial charge in [-0.3, -0.25) is 4.79 Å². The van der Waals surface area contributed by atoms with Crippen LogP contribution in [0.1, 0.15) is 23.7 Å². The molecule has 0 amide bonds. The van der Waals surface area contributed by atoms with Crippen molar-refractivity contribution < 1.29 is 14.6 Å². The first kappa shape index (κ1) is 14.3. The largest absolute Gasteiger partial charge is 0.469 e. The fraction of sp³-hybridized carbons (Fsp3) is 0.333. The zero-order valence-electron chi connectivity index (χ0n) is 11.4. The summed E-state index contributed by atoms with van der Waals surface area (Å²) in [5, 5.41) is 10.1. The minimum Gasteiger partial charge on any atom is -0.469 e. The van der Waals surface area contributed by atoms with Gasteiger partial charge in [0, 0.05) is 18.8 Å². The van der Waals surface area contributed by atoms with Crippen molar-refractivity contribution in [1.29, 1.82) is 0 Å². The van der Waals surface area contributed by atoms with Crippen molar-refractivity contribution in [3.8, 4) is 0 Å². The van der Waals surface area contributed by atoms with Gasteiger partial charge in [0.05, 0.1) is 26.1 Å². The Morgan fingerprint density at radius 1 is 1.40 bits per heavy atom. The van der Waals surface area contributed by atoms with Gasteiger partial charge < -0.3 is 14.4 Å². The molecule has 1 N–H and O–H groups in total. The van der Waals surface area contributed by atoms with Crippen LogP contribution in [0.2, 0.25) is 0 Å². The molecule has 0 aliphatic carbocycles. The summed E-state index contributed by atoms with van der Waals surface area (Å²) in [4.78, 5) is 15.0. The van der Waals surface area contributed by atoms with Crippen molar-refractivity contribution in [3.63, 3.8) is 0 Å². The highest BCUT2D eigenvalue weighted by atomic mass is 16.5. The average molecular weight is 274 g/mol. The molecule has 1 aromatic heterocycles. The predicted molar refractivity (Wildman–Crippen MR) is 74.0 cm³/mol. The standard InChI is InChI=1S/C15H18N2O3/c1-20-15(19)7-4-12-2-5-13(6-3-12)14(18)10-17-9-8-16-11-17/h2-3,5-6,8-9,11,14,18H,4,7,10H2,1H3. The maximum atomic E-state index is 11.1. The number of aryl methyl sites for hydroxylation is 1. The predicted octanol–water partition coefficient (Wildman–Crippen LogP) is 1.72. The molecule has 1 unspecified atom stereocenters. The van der Waals surface area contributed by atoms with Crippen LogP contribution in [0.4, 0.5) is 0 Å². The van der Waals surface area contributed by atoms with Gasteiger partial charge >= 0.3 is 5.97 Å². The van der Waals surface area contributed by atoms with Crippen LogP contribution in [0.25, 0.3) is 0 Å². The molecule has 0 aliphatic heterocycles. The second kappa shape index (κ2) is 6.86. The van der Waals surface area contributed by atoms with Gasteiger partial charge in [0.2, 0.25) is 0 Å². The number of rotatable bonds is 6. The first-order valence-electron chi connectivity index (χ1n) is 6.48. The summed E-state index contributed by atoms with van der Waals surface area (Å²) in [5.41, 5.74) is 1.90. The monoisotopic (exact) mass is 274 g/mol. The molecule has 0 radical (unpaired) electrons. The van der Waals surface area contributed by atoms with E-state index in [1.807, 2.05) is 35.0 Å². The van der Waals surface area contributed by atoms with Gasteiger partial charge in [-0.2, -0.15) is 0 Å². The van der Waals surface area contributed by atoms with Crippen LogP contribution >= 0.6 is 0 Å². The van der Waals surface area contributed by atoms with Crippen LogP contribution in [-0.4, -0.2) is 27.7 Å². The van der Waals surface area contributed by atoms with Crippen molar-refractivity contribution in [3.05, 3.63) is 54.1 Å². The summed E-state index contributed by atoms with van der Waals surface area (Å²) in [6.07, 6.45) is 5.61. The molecular weight excluding hydrogens is 256 g/mol. The Morgan fingerprint density at radius 2 is 2.15 bits per heavy atom. The fourth-order valence-corrected chi connectivity index (χ4v) is 1.95. The Morgan fingerprint density at radius 3 is 2.75 bits per heavy atom. The molecule has 0 spiro atoms. The third kappa shape index (κ3) is 3.93. The van der Waals surface area contributed by atoms with E-state index in [4.69, 9.17) is 0 Å². The molecule has 1 aromatic carbocycles. The topological polar surface area (TPSA) is 64.3 Å². The van der Waals surface area contributed by atoms with Gasteiger partial charge in [0.1, 0.15) is 0 Å². The van der Waals surface area contributed by atoms with E-state index in [1.165, 1.54) is 7.11 Å². The fourth-order valence-electron chi connectivity index (χ4n) is 1.95. The molecule has 1 atom stereocenters. The van der Waals surface area contributed by atoms with E-state index in [1.54, 1.807) is 12.5 Å². The summed E-state index contributed by atoms with van der Waals surface area (Å²) >= 11 is 0. The van der Waals surface area contributed by atoms with E-state index in [0.29, 0.717) is 19.4 Å². The molecule has 2 rings (SSSR count). The summed E-state index contributed by atoms with van der Waals surface area (Å²) in [6, 6.07) is 7.62. The first-order valence-corrected chi connectivity index (χ1v) is 6.48. The van der Waals surface area contributed by atoms with Crippen LogP contribution in [0.3, 0.4) is 0 Å². The zero-order valence-corrected chi connectivity index (χ0v) is 11.4. The van der Waals surface area contributed by atoms with Crippen molar-refractivity contribution >= 4 is 5.97 Å². The lowest BCUT2D eigenvalue weighted by molar-refractivity contribution is -0.140. The smallest absolute Gasteiger partial charge is 0.305 e. The van der Waals surface area contributed by atoms with Gasteiger partial charge in [0.25, 0.3) is 0 Å². The normalized spacial score (nSPS) is 12.1. The lowest BCUT2D eigenvalue weighted by Gasteiger charge is -2.12. The first-order chi connectivity index (χ1) is 9.69. The van der Waals surface area contributed by atoms with E-state index in [-0.39, 0.29) is 5.97 Å². The molecule has 1 heterocycles. The van der Waals surface area contributed by atoms with Crippen molar-refractivity contribution in [2.75, 3.05) is 7.11 Å². The van der Waals surface area contributed by atoms with E-state index >= 15 is 0 Å². The van der Waals surface area contributed by atoms with E-state index in [2.05, 4.69) is 9.72 Å². The second-order valence-electron chi connectivity index (χ2n) is 4.59. The molecule has 0 saturated heterocycles. The maximum Gasteiger partial charge on any atom is 0.305 e. The van der Waals surface area contributed by atoms with Crippen LogP contribution in [0.15, 0.2) is 43.0 Å². The number of hydrogen-bond acceptors (Lipinski definition) is 4. The zero-order chi connectivity index (χ0) is 14.4. The number of hydrogen-bond donors (Lipinski definition) is 1. The third-order valence-electron chi connectivity index (χ3n) is 3.15. The van der Waals surface area contributed by atoms with E-state index in [0.717, 1.165) is 11.1 Å². The Bertz CT molecular complexity index is 535. The number of carbonyl (C=O) groups excluding carboxylic acids is 1. The number of nitrogens with zero attached hydrogens (tertiary/aromatic N) is 2. The Labute approximate surface area is 117 Å². The van der Waals surface area contributed by atoms with Crippen molar-refractivity contribution in [2.24, 2.45) is 0 Å². The van der Waals surface area contributed by atoms with Crippen LogP contribution in [0.5, 0.6) is 0 Å². The molecule has 0 fully saturated rings. The van der Waals surface area contributed by atoms with E-state index in [9.17, 15) is 9.90 Å². The highest BCUT2D eigenvalue weighted by Gasteiger charge is 2.08. The number of ether oxygens (including phenoxy) is 1. The number of aliphatic hydroxyl groups is 1. The van der Waals surface area contributed by atoms with Crippen LogP contribution < -0.4 is 0 Å². The van der Waals surface area contributed by atoms with Gasteiger partial charge in [-0.15, -0.1) is 0 Å². The number of aliphatic hydroxyl groups excluding tert-OH is 1. The van der Waals surface area contributed by atoms with Crippen LogP contribution in [-0.2, 0) is 22.5 Å². The lowest BCUT2D eigenvalue weighted by atomic mass is 10.0. The Hall–Kier alpha value is -2.14. The van der Waals surface area contributed by atoms with Crippen molar-refractivity contribution in [2.45, 2.75) is 25.5 Å². The molecule has 20 heavy (non-hydrogen) atoms. The van der Waals surface area contributed by atoms with Gasteiger partial charge in [0.15, 0.2) is 0 Å². The van der Waals surface area contributed by atoms with Gasteiger partial charge in [-0.05, 0) is 17.5 Å². The minimum atomic E-state index is -0.571. The molecule has 0 aliphatic rings. The number of benzene rings is 1. The molecule has 106 valence electrons. The maximum absolute atomic E-state index is 11.1. The summed E-state index contributed by atoms with van der Waals surface area (Å²) < 4.78 is 6.43. The molecule has 5 heteroatoms. The number of imidazole rings is 1. The van der Waals surface area contributed by atoms with E-state index < -0.39 is 6.10 Å². The summed E-state index contributed by atoms with van der Waals surface area (Å²) in [6.45, 7) is 0.474. The third-order valence-corrected chi connectivity index (χ3v) is 3.15. The molecule has 5 nitrogen and oxygen atoms in total. The van der Waals surface area contributed by atoms with Gasteiger partial charge in [-0.25, -0.2) is 4.98 Å². The average Bonchev–Trinajstić information content (AvgIpc) is 2.98. The number of carbonyl (C=O) groups is 1. The highest BCUT2D eigenvalue weighted by Crippen LogP contribution is 2.16. The molecule has 2 aromatic rings. The lowest BCUT2D eigenvalue weighted by Crippen LogP contribution is -2.07. The van der Waals surface area contributed by atoms with Crippen LogP contribution in [0, 0.1) is 0 Å².